The molecular formula is C26H35FN4O2. The second-order valence-electron chi connectivity index (χ2n) is 10.2. The zero-order valence-electron chi connectivity index (χ0n) is 19.4. The van der Waals surface area contributed by atoms with Crippen LogP contribution >= 0.6 is 0 Å². The molecule has 1 aliphatic carbocycles. The molecule has 33 heavy (non-hydrogen) atoms. The van der Waals surface area contributed by atoms with Gasteiger partial charge in [0.1, 0.15) is 11.6 Å². The molecule has 2 saturated heterocycles. The van der Waals surface area contributed by atoms with Crippen LogP contribution in [0.5, 0.6) is 0 Å². The van der Waals surface area contributed by atoms with E-state index in [1.807, 2.05) is 4.90 Å². The lowest BCUT2D eigenvalue weighted by Crippen LogP contribution is -2.57. The van der Waals surface area contributed by atoms with Gasteiger partial charge in [0.05, 0.1) is 11.0 Å². The Kier molecular flexibility index (Phi) is 6.65. The maximum absolute atomic E-state index is 13.4. The summed E-state index contributed by atoms with van der Waals surface area (Å²) in [6.45, 7) is 2.37. The zero-order valence-corrected chi connectivity index (χ0v) is 19.4. The quantitative estimate of drug-likeness (QED) is 0.701. The average molecular weight is 455 g/mol. The zero-order chi connectivity index (χ0) is 22.8. The van der Waals surface area contributed by atoms with Gasteiger partial charge in [-0.3, -0.25) is 9.59 Å². The average Bonchev–Trinajstić information content (AvgIpc) is 3.24. The number of likely N-dealkylation sites (tertiary alicyclic amines) is 2. The fourth-order valence-corrected chi connectivity index (χ4v) is 6.20. The van der Waals surface area contributed by atoms with E-state index in [-0.39, 0.29) is 11.7 Å². The molecule has 5 rings (SSSR count). The SMILES string of the molecule is O=C(CCc1nc2ccc(F)cc2[nH]1)N1CC[C@H]2[C@H](CCC(=O)N2CCC2CCCCC2)C1. The number of H-pyrrole nitrogens is 1. The molecule has 3 aliphatic rings. The van der Waals surface area contributed by atoms with Crippen molar-refractivity contribution in [2.45, 2.75) is 76.7 Å². The van der Waals surface area contributed by atoms with Crippen LogP contribution < -0.4 is 0 Å². The number of aryl methyl sites for hydroxylation is 1. The molecular weight excluding hydrogens is 419 g/mol. The standard InChI is InChI=1S/C26H35FN4O2/c27-20-7-8-21-22(16-20)29-24(28-21)9-11-25(32)30-14-13-23-19(17-30)6-10-26(33)31(23)15-12-18-4-2-1-3-5-18/h7-8,16,18-19,23H,1-6,9-15,17H2,(H,28,29)/t19-,23+/m1/s1. The Bertz CT molecular complexity index is 999. The number of fused-ring (bicyclic) bond motifs is 2. The molecule has 7 heteroatoms. The number of carbonyl (C=O) groups excluding carboxylic acids is 2. The maximum atomic E-state index is 13.4. The van der Waals surface area contributed by atoms with Crippen molar-refractivity contribution in [1.29, 1.82) is 0 Å². The number of benzene rings is 1. The largest absolute Gasteiger partial charge is 0.342 e. The molecule has 0 unspecified atom stereocenters. The summed E-state index contributed by atoms with van der Waals surface area (Å²) >= 11 is 0. The molecule has 6 nitrogen and oxygen atoms in total. The highest BCUT2D eigenvalue weighted by Gasteiger charge is 2.40. The van der Waals surface area contributed by atoms with Crippen LogP contribution in [0.3, 0.4) is 0 Å². The van der Waals surface area contributed by atoms with Gasteiger partial charge in [0.15, 0.2) is 0 Å². The van der Waals surface area contributed by atoms with Crippen molar-refractivity contribution in [2.24, 2.45) is 11.8 Å². The molecule has 2 aliphatic heterocycles. The van der Waals surface area contributed by atoms with Crippen molar-refractivity contribution < 1.29 is 14.0 Å². The number of rotatable bonds is 6. The molecule has 2 amide bonds. The molecule has 3 heterocycles. The van der Waals surface area contributed by atoms with Crippen molar-refractivity contribution >= 4 is 22.8 Å². The third kappa shape index (κ3) is 5.07. The van der Waals surface area contributed by atoms with Gasteiger partial charge in [-0.05, 0) is 49.3 Å². The van der Waals surface area contributed by atoms with E-state index in [0.29, 0.717) is 42.6 Å². The molecule has 2 atom stereocenters. The van der Waals surface area contributed by atoms with E-state index >= 15 is 0 Å². The number of aromatic amines is 1. The van der Waals surface area contributed by atoms with E-state index in [0.717, 1.165) is 56.2 Å². The van der Waals surface area contributed by atoms with E-state index < -0.39 is 0 Å². The first-order valence-corrected chi connectivity index (χ1v) is 12.8. The van der Waals surface area contributed by atoms with Crippen LogP contribution in [0.25, 0.3) is 11.0 Å². The number of nitrogens with one attached hydrogen (secondary N) is 1. The van der Waals surface area contributed by atoms with Crippen molar-refractivity contribution in [3.05, 3.63) is 29.8 Å². The minimum absolute atomic E-state index is 0.144. The van der Waals surface area contributed by atoms with Crippen LogP contribution in [-0.4, -0.2) is 57.3 Å². The second kappa shape index (κ2) is 9.82. The molecule has 178 valence electrons. The van der Waals surface area contributed by atoms with Gasteiger partial charge in [0.25, 0.3) is 0 Å². The summed E-state index contributed by atoms with van der Waals surface area (Å²) in [5.41, 5.74) is 1.39. The summed E-state index contributed by atoms with van der Waals surface area (Å²) in [5, 5.41) is 0. The highest BCUT2D eigenvalue weighted by Crippen LogP contribution is 2.33. The van der Waals surface area contributed by atoms with E-state index in [1.54, 1.807) is 6.07 Å². The number of halogens is 1. The number of carbonyl (C=O) groups is 2. The minimum atomic E-state index is -0.296. The number of piperidine rings is 2. The predicted molar refractivity (Wildman–Crippen MR) is 125 cm³/mol. The lowest BCUT2D eigenvalue weighted by Gasteiger charge is -2.47. The number of aromatic nitrogens is 2. The van der Waals surface area contributed by atoms with E-state index in [1.165, 1.54) is 44.2 Å². The van der Waals surface area contributed by atoms with Crippen molar-refractivity contribution in [3.63, 3.8) is 0 Å². The molecule has 0 bridgehead atoms. The lowest BCUT2D eigenvalue weighted by molar-refractivity contribution is -0.144. The van der Waals surface area contributed by atoms with Gasteiger partial charge in [0.2, 0.25) is 11.8 Å². The number of nitrogens with zero attached hydrogens (tertiary/aromatic N) is 3. The normalized spacial score (nSPS) is 24.3. The number of amides is 2. The van der Waals surface area contributed by atoms with Gasteiger partial charge in [-0.1, -0.05) is 32.1 Å². The fourth-order valence-electron chi connectivity index (χ4n) is 6.20. The monoisotopic (exact) mass is 454 g/mol. The topological polar surface area (TPSA) is 69.3 Å². The first kappa shape index (κ1) is 22.4. The van der Waals surface area contributed by atoms with Gasteiger partial charge in [-0.25, -0.2) is 9.37 Å². The van der Waals surface area contributed by atoms with Crippen LogP contribution in [-0.2, 0) is 16.0 Å². The summed E-state index contributed by atoms with van der Waals surface area (Å²) in [4.78, 5) is 37.4. The Labute approximate surface area is 194 Å². The molecule has 0 spiro atoms. The first-order valence-electron chi connectivity index (χ1n) is 12.8. The first-order chi connectivity index (χ1) is 16.1. The molecule has 2 aromatic rings. The Morgan fingerprint density at radius 1 is 1.15 bits per heavy atom. The van der Waals surface area contributed by atoms with E-state index in [2.05, 4.69) is 14.9 Å². The number of hydrogen-bond acceptors (Lipinski definition) is 3. The van der Waals surface area contributed by atoms with E-state index in [4.69, 9.17) is 0 Å². The molecule has 1 aromatic heterocycles. The van der Waals surface area contributed by atoms with Gasteiger partial charge in [-0.2, -0.15) is 0 Å². The van der Waals surface area contributed by atoms with Gasteiger partial charge in [0, 0.05) is 44.9 Å². The summed E-state index contributed by atoms with van der Waals surface area (Å²) in [5.74, 6) is 2.05. The summed E-state index contributed by atoms with van der Waals surface area (Å²) in [6.07, 6.45) is 11.1. The van der Waals surface area contributed by atoms with Crippen molar-refractivity contribution in [2.75, 3.05) is 19.6 Å². The Morgan fingerprint density at radius 3 is 2.85 bits per heavy atom. The lowest BCUT2D eigenvalue weighted by atomic mass is 9.82. The van der Waals surface area contributed by atoms with Gasteiger partial charge < -0.3 is 14.8 Å². The Morgan fingerprint density at radius 2 is 2.00 bits per heavy atom. The van der Waals surface area contributed by atoms with Crippen LogP contribution in [0.2, 0.25) is 0 Å². The second-order valence-corrected chi connectivity index (χ2v) is 10.2. The number of imidazole rings is 1. The van der Waals surface area contributed by atoms with Crippen LogP contribution in [0.1, 0.15) is 70.0 Å². The molecule has 0 radical (unpaired) electrons. The molecule has 3 fully saturated rings. The molecule has 1 aromatic carbocycles. The third-order valence-electron chi connectivity index (χ3n) is 8.07. The highest BCUT2D eigenvalue weighted by atomic mass is 19.1. The molecule has 1 saturated carbocycles. The minimum Gasteiger partial charge on any atom is -0.342 e. The summed E-state index contributed by atoms with van der Waals surface area (Å²) < 4.78 is 13.4. The number of hydrogen-bond donors (Lipinski definition) is 1. The molecule has 1 N–H and O–H groups in total. The highest BCUT2D eigenvalue weighted by molar-refractivity contribution is 5.79. The van der Waals surface area contributed by atoms with Gasteiger partial charge >= 0.3 is 0 Å². The Balaban J connectivity index is 1.14. The van der Waals surface area contributed by atoms with Gasteiger partial charge in [-0.15, -0.1) is 0 Å². The van der Waals surface area contributed by atoms with Crippen LogP contribution in [0, 0.1) is 17.7 Å². The third-order valence-corrected chi connectivity index (χ3v) is 8.07. The fraction of sp³-hybridized carbons (Fsp3) is 0.654. The Hall–Kier alpha value is -2.44. The predicted octanol–water partition coefficient (Wildman–Crippen LogP) is 4.44. The van der Waals surface area contributed by atoms with Crippen molar-refractivity contribution in [1.82, 2.24) is 19.8 Å². The smallest absolute Gasteiger partial charge is 0.223 e. The summed E-state index contributed by atoms with van der Waals surface area (Å²) in [7, 11) is 0. The van der Waals surface area contributed by atoms with Crippen molar-refractivity contribution in [3.8, 4) is 0 Å². The van der Waals surface area contributed by atoms with E-state index in [9.17, 15) is 14.0 Å². The maximum Gasteiger partial charge on any atom is 0.223 e. The van der Waals surface area contributed by atoms with Crippen LogP contribution in [0.4, 0.5) is 4.39 Å². The summed E-state index contributed by atoms with van der Waals surface area (Å²) in [6, 6.07) is 4.78. The van der Waals surface area contributed by atoms with Crippen LogP contribution in [0.15, 0.2) is 18.2 Å².